The van der Waals surface area contributed by atoms with Gasteiger partial charge in [0.25, 0.3) is 0 Å². The Morgan fingerprint density at radius 2 is 2.05 bits per heavy atom. The lowest BCUT2D eigenvalue weighted by Crippen LogP contribution is -2.51. The third-order valence-electron chi connectivity index (χ3n) is 3.69. The van der Waals surface area contributed by atoms with E-state index in [1.807, 2.05) is 24.3 Å². The van der Waals surface area contributed by atoms with Crippen LogP contribution >= 0.6 is 23.7 Å². The molecule has 0 aliphatic heterocycles. The molecule has 6 heteroatoms. The Morgan fingerprint density at radius 3 is 2.75 bits per heavy atom. The van der Waals surface area contributed by atoms with Crippen molar-refractivity contribution in [2.75, 3.05) is 0 Å². The lowest BCUT2D eigenvalue weighted by atomic mass is 9.98. The van der Waals surface area contributed by atoms with Crippen LogP contribution in [0.2, 0.25) is 0 Å². The van der Waals surface area contributed by atoms with E-state index in [-0.39, 0.29) is 18.3 Å². The standard InChI is InChI=1S/C14H17N3OS.ClH/c15-14(7-3-4-8-14)13(18)16-9-12-17-10-5-1-2-6-11(10)19-12;/h1-2,5-6H,3-4,7-9,15H2,(H,16,18);1H. The molecular weight excluding hydrogens is 294 g/mol. The number of benzene rings is 1. The van der Waals surface area contributed by atoms with Crippen LogP contribution in [0.25, 0.3) is 10.2 Å². The molecule has 108 valence electrons. The number of fused-ring (bicyclic) bond motifs is 1. The van der Waals surface area contributed by atoms with E-state index in [1.54, 1.807) is 11.3 Å². The number of nitrogens with one attached hydrogen (secondary N) is 1. The molecule has 1 fully saturated rings. The van der Waals surface area contributed by atoms with Gasteiger partial charge in [0.2, 0.25) is 5.91 Å². The molecule has 0 saturated heterocycles. The number of hydrogen-bond acceptors (Lipinski definition) is 4. The topological polar surface area (TPSA) is 68.0 Å². The Balaban J connectivity index is 0.00000147. The summed E-state index contributed by atoms with van der Waals surface area (Å²) in [4.78, 5) is 16.6. The molecule has 2 aromatic rings. The summed E-state index contributed by atoms with van der Waals surface area (Å²) < 4.78 is 1.15. The molecule has 0 atom stereocenters. The predicted octanol–water partition coefficient (Wildman–Crippen LogP) is 2.61. The second-order valence-electron chi connectivity index (χ2n) is 5.12. The predicted molar refractivity (Wildman–Crippen MR) is 84.1 cm³/mol. The molecule has 1 saturated carbocycles. The number of amides is 1. The molecule has 1 amide bonds. The summed E-state index contributed by atoms with van der Waals surface area (Å²) in [5, 5.41) is 3.85. The second kappa shape index (κ2) is 6.08. The fourth-order valence-electron chi connectivity index (χ4n) is 2.56. The number of hydrogen-bond donors (Lipinski definition) is 2. The smallest absolute Gasteiger partial charge is 0.240 e. The summed E-state index contributed by atoms with van der Waals surface area (Å²) in [6, 6.07) is 7.99. The van der Waals surface area contributed by atoms with E-state index in [1.165, 1.54) is 0 Å². The highest BCUT2D eigenvalue weighted by molar-refractivity contribution is 7.18. The minimum atomic E-state index is -0.656. The molecule has 1 aromatic heterocycles. The first-order valence-electron chi connectivity index (χ1n) is 6.59. The maximum absolute atomic E-state index is 12.1. The van der Waals surface area contributed by atoms with Crippen molar-refractivity contribution in [3.8, 4) is 0 Å². The van der Waals surface area contributed by atoms with Crippen LogP contribution < -0.4 is 11.1 Å². The molecule has 0 unspecified atom stereocenters. The average molecular weight is 312 g/mol. The molecule has 1 aliphatic rings. The molecule has 0 radical (unpaired) electrons. The quantitative estimate of drug-likeness (QED) is 0.915. The Morgan fingerprint density at radius 1 is 1.35 bits per heavy atom. The van der Waals surface area contributed by atoms with Crippen LogP contribution in [0.15, 0.2) is 24.3 Å². The summed E-state index contributed by atoms with van der Waals surface area (Å²) >= 11 is 1.61. The Labute approximate surface area is 128 Å². The Hall–Kier alpha value is -1.17. The summed E-state index contributed by atoms with van der Waals surface area (Å²) in [6.07, 6.45) is 3.67. The fourth-order valence-corrected chi connectivity index (χ4v) is 3.47. The van der Waals surface area contributed by atoms with Crippen molar-refractivity contribution >= 4 is 39.9 Å². The van der Waals surface area contributed by atoms with Gasteiger partial charge in [-0.05, 0) is 25.0 Å². The molecule has 0 spiro atoms. The first-order valence-corrected chi connectivity index (χ1v) is 7.41. The van der Waals surface area contributed by atoms with E-state index >= 15 is 0 Å². The monoisotopic (exact) mass is 311 g/mol. The van der Waals surface area contributed by atoms with Crippen LogP contribution in [-0.2, 0) is 11.3 Å². The minimum Gasteiger partial charge on any atom is -0.348 e. The lowest BCUT2D eigenvalue weighted by molar-refractivity contribution is -0.126. The van der Waals surface area contributed by atoms with Crippen LogP contribution in [0.4, 0.5) is 0 Å². The highest BCUT2D eigenvalue weighted by Crippen LogP contribution is 2.27. The highest BCUT2D eigenvalue weighted by atomic mass is 35.5. The van der Waals surface area contributed by atoms with Gasteiger partial charge in [-0.1, -0.05) is 25.0 Å². The number of nitrogens with two attached hydrogens (primary N) is 1. The van der Waals surface area contributed by atoms with Crippen molar-refractivity contribution in [2.24, 2.45) is 5.73 Å². The van der Waals surface area contributed by atoms with Crippen LogP contribution in [0.3, 0.4) is 0 Å². The van der Waals surface area contributed by atoms with Crippen molar-refractivity contribution in [3.63, 3.8) is 0 Å². The minimum absolute atomic E-state index is 0. The number of thiazole rings is 1. The number of rotatable bonds is 3. The van der Waals surface area contributed by atoms with Crippen molar-refractivity contribution in [1.82, 2.24) is 10.3 Å². The zero-order chi connectivity index (χ0) is 13.3. The third-order valence-corrected chi connectivity index (χ3v) is 4.72. The molecule has 3 rings (SSSR count). The van der Waals surface area contributed by atoms with Gasteiger partial charge in [-0.25, -0.2) is 4.98 Å². The van der Waals surface area contributed by atoms with Gasteiger partial charge in [-0.3, -0.25) is 4.79 Å². The van der Waals surface area contributed by atoms with E-state index in [0.717, 1.165) is 40.9 Å². The van der Waals surface area contributed by atoms with E-state index in [9.17, 15) is 4.79 Å². The normalized spacial score (nSPS) is 16.9. The van der Waals surface area contributed by atoms with Crippen molar-refractivity contribution in [1.29, 1.82) is 0 Å². The Kier molecular flexibility index (Phi) is 4.62. The number of halogens is 1. The molecule has 1 heterocycles. The maximum Gasteiger partial charge on any atom is 0.240 e. The summed E-state index contributed by atoms with van der Waals surface area (Å²) in [6.45, 7) is 0.469. The van der Waals surface area contributed by atoms with Gasteiger partial charge in [0, 0.05) is 0 Å². The van der Waals surface area contributed by atoms with Gasteiger partial charge < -0.3 is 11.1 Å². The average Bonchev–Trinajstić information content (AvgIpc) is 3.02. The van der Waals surface area contributed by atoms with Gasteiger partial charge in [0.05, 0.1) is 22.3 Å². The van der Waals surface area contributed by atoms with Crippen molar-refractivity contribution in [3.05, 3.63) is 29.3 Å². The molecule has 1 aliphatic carbocycles. The maximum atomic E-state index is 12.1. The molecular formula is C14H18ClN3OS. The SMILES string of the molecule is Cl.NC1(C(=O)NCc2nc3ccccc3s2)CCCC1. The lowest BCUT2D eigenvalue weighted by Gasteiger charge is -2.21. The van der Waals surface area contributed by atoms with Gasteiger partial charge in [0.1, 0.15) is 5.01 Å². The summed E-state index contributed by atoms with van der Waals surface area (Å²) in [7, 11) is 0. The fraction of sp³-hybridized carbons (Fsp3) is 0.429. The van der Waals surface area contributed by atoms with E-state index in [2.05, 4.69) is 10.3 Å². The Bertz CT molecular complexity index is 574. The van der Waals surface area contributed by atoms with Crippen molar-refractivity contribution in [2.45, 2.75) is 37.8 Å². The highest BCUT2D eigenvalue weighted by Gasteiger charge is 2.36. The first-order chi connectivity index (χ1) is 9.17. The third kappa shape index (κ3) is 2.95. The largest absolute Gasteiger partial charge is 0.348 e. The molecule has 20 heavy (non-hydrogen) atoms. The summed E-state index contributed by atoms with van der Waals surface area (Å²) in [5.41, 5.74) is 6.44. The summed E-state index contributed by atoms with van der Waals surface area (Å²) in [5.74, 6) is -0.0377. The number of aromatic nitrogens is 1. The number of carbonyl (C=O) groups excluding carboxylic acids is 1. The number of para-hydroxylation sites is 1. The van der Waals surface area contributed by atoms with Gasteiger partial charge >= 0.3 is 0 Å². The molecule has 4 nitrogen and oxygen atoms in total. The van der Waals surface area contributed by atoms with E-state index in [4.69, 9.17) is 5.73 Å². The van der Waals surface area contributed by atoms with Gasteiger partial charge in [0.15, 0.2) is 0 Å². The first kappa shape index (κ1) is 15.2. The zero-order valence-electron chi connectivity index (χ0n) is 11.1. The van der Waals surface area contributed by atoms with Crippen LogP contribution in [0, 0.1) is 0 Å². The number of carbonyl (C=O) groups is 1. The van der Waals surface area contributed by atoms with Crippen molar-refractivity contribution < 1.29 is 4.79 Å². The molecule has 1 aromatic carbocycles. The zero-order valence-corrected chi connectivity index (χ0v) is 12.7. The second-order valence-corrected chi connectivity index (χ2v) is 6.24. The van der Waals surface area contributed by atoms with Gasteiger partial charge in [-0.2, -0.15) is 0 Å². The number of nitrogens with zero attached hydrogens (tertiary/aromatic N) is 1. The molecule has 3 N–H and O–H groups in total. The van der Waals surface area contributed by atoms with Crippen LogP contribution in [0.1, 0.15) is 30.7 Å². The van der Waals surface area contributed by atoms with E-state index in [0.29, 0.717) is 6.54 Å². The molecule has 0 bridgehead atoms. The van der Waals surface area contributed by atoms with Crippen LogP contribution in [-0.4, -0.2) is 16.4 Å². The van der Waals surface area contributed by atoms with Gasteiger partial charge in [-0.15, -0.1) is 23.7 Å². The van der Waals surface area contributed by atoms with E-state index < -0.39 is 5.54 Å². The van der Waals surface area contributed by atoms with Crippen LogP contribution in [0.5, 0.6) is 0 Å².